The number of nitrogens with zero attached hydrogens (tertiary/aromatic N) is 2. The van der Waals surface area contributed by atoms with E-state index in [0.717, 1.165) is 5.41 Å². The zero-order chi connectivity index (χ0) is 13.2. The highest BCUT2D eigenvalue weighted by Crippen LogP contribution is 2.16. The van der Waals surface area contributed by atoms with Crippen molar-refractivity contribution in [2.24, 2.45) is 0 Å². The molecule has 1 aliphatic rings. The quantitative estimate of drug-likeness (QED) is 0.770. The van der Waals surface area contributed by atoms with Crippen molar-refractivity contribution in [2.45, 2.75) is 6.04 Å². The largest absolute Gasteiger partial charge is 0.465 e. The fourth-order valence-corrected chi connectivity index (χ4v) is 2.78. The molecule has 0 saturated heterocycles. The average Bonchev–Trinajstić information content (AvgIpc) is 2.68. The molecule has 1 unspecified atom stereocenters. The molecule has 0 amide bonds. The van der Waals surface area contributed by atoms with Crippen LogP contribution in [0.15, 0.2) is 24.0 Å². The second kappa shape index (κ2) is 4.73. The minimum absolute atomic E-state index is 0.0579. The van der Waals surface area contributed by atoms with Crippen molar-refractivity contribution >= 4 is 21.6 Å². The fourth-order valence-electron chi connectivity index (χ4n) is 1.55. The molecule has 1 aromatic rings. The Morgan fingerprint density at radius 1 is 1.56 bits per heavy atom. The molecule has 0 spiro atoms. The number of nitrogens with one attached hydrogen (secondary N) is 1. The molecule has 1 aliphatic heterocycles. The first-order valence-corrected chi connectivity index (χ1v) is 6.79. The lowest BCUT2D eigenvalue weighted by Crippen LogP contribution is -2.23. The second-order valence-corrected chi connectivity index (χ2v) is 5.62. The molecule has 1 aromatic heterocycles. The van der Waals surface area contributed by atoms with Gasteiger partial charge in [0.05, 0.1) is 18.9 Å². The van der Waals surface area contributed by atoms with Gasteiger partial charge in [0.15, 0.2) is 9.84 Å². The molecule has 1 N–H and O–H groups in total. The molecule has 2 rings (SSSR count). The molecule has 2 heterocycles. The molecule has 7 nitrogen and oxygen atoms in total. The van der Waals surface area contributed by atoms with E-state index in [2.05, 4.69) is 20.0 Å². The van der Waals surface area contributed by atoms with Crippen LogP contribution in [-0.2, 0) is 14.6 Å². The summed E-state index contributed by atoms with van der Waals surface area (Å²) in [6.45, 7) is 0. The van der Waals surface area contributed by atoms with Gasteiger partial charge in [0.1, 0.15) is 17.7 Å². The van der Waals surface area contributed by atoms with E-state index in [1.807, 2.05) is 0 Å². The van der Waals surface area contributed by atoms with E-state index in [9.17, 15) is 13.2 Å². The van der Waals surface area contributed by atoms with E-state index in [4.69, 9.17) is 0 Å². The highest BCUT2D eigenvalue weighted by atomic mass is 32.2. The number of hydrogen-bond acceptors (Lipinski definition) is 7. The predicted molar refractivity (Wildman–Crippen MR) is 63.7 cm³/mol. The van der Waals surface area contributed by atoms with Gasteiger partial charge in [-0.25, -0.2) is 23.2 Å². The minimum Gasteiger partial charge on any atom is -0.465 e. The summed E-state index contributed by atoms with van der Waals surface area (Å²) < 4.78 is 27.1. The van der Waals surface area contributed by atoms with Gasteiger partial charge < -0.3 is 10.1 Å². The zero-order valence-electron chi connectivity index (χ0n) is 9.53. The molecule has 0 fully saturated rings. The van der Waals surface area contributed by atoms with Gasteiger partial charge >= 0.3 is 5.97 Å². The van der Waals surface area contributed by atoms with E-state index in [1.54, 1.807) is 0 Å². The number of aromatic nitrogens is 2. The lowest BCUT2D eigenvalue weighted by atomic mass is 10.2. The molecule has 0 saturated carbocycles. The van der Waals surface area contributed by atoms with Gasteiger partial charge in [0.2, 0.25) is 0 Å². The summed E-state index contributed by atoms with van der Waals surface area (Å²) in [5.74, 6) is -0.385. The van der Waals surface area contributed by atoms with Crippen LogP contribution in [0, 0.1) is 0 Å². The van der Waals surface area contributed by atoms with Crippen LogP contribution in [0.2, 0.25) is 0 Å². The molecule has 0 aromatic carbocycles. The van der Waals surface area contributed by atoms with Crippen LogP contribution >= 0.6 is 0 Å². The summed E-state index contributed by atoms with van der Waals surface area (Å²) in [6, 6.07) is -0.409. The van der Waals surface area contributed by atoms with Crippen LogP contribution in [0.25, 0.3) is 0 Å². The molecule has 1 atom stereocenters. The number of rotatable bonds is 3. The van der Waals surface area contributed by atoms with Crippen molar-refractivity contribution in [3.63, 3.8) is 0 Å². The van der Waals surface area contributed by atoms with E-state index < -0.39 is 21.8 Å². The average molecular weight is 269 g/mol. The van der Waals surface area contributed by atoms with Crippen molar-refractivity contribution < 1.29 is 17.9 Å². The van der Waals surface area contributed by atoms with Gasteiger partial charge in [-0.2, -0.15) is 0 Å². The molecule has 0 aliphatic carbocycles. The van der Waals surface area contributed by atoms with Crippen molar-refractivity contribution in [2.75, 3.05) is 18.2 Å². The van der Waals surface area contributed by atoms with Gasteiger partial charge in [0.25, 0.3) is 0 Å². The lowest BCUT2D eigenvalue weighted by Gasteiger charge is -2.12. The maximum absolute atomic E-state index is 11.5. The Balaban J connectivity index is 2.20. The number of sulfone groups is 1. The zero-order valence-corrected chi connectivity index (χ0v) is 10.3. The highest BCUT2D eigenvalue weighted by Gasteiger charge is 2.23. The van der Waals surface area contributed by atoms with Gasteiger partial charge in [-0.15, -0.1) is 0 Å². The van der Waals surface area contributed by atoms with Gasteiger partial charge in [-0.3, -0.25) is 0 Å². The SMILES string of the molecule is COC(=O)c1cncnc1NC1C=CS(=O)(=O)C1. The van der Waals surface area contributed by atoms with Gasteiger partial charge in [0, 0.05) is 11.6 Å². The molecular weight excluding hydrogens is 258 g/mol. The molecule has 8 heteroatoms. The highest BCUT2D eigenvalue weighted by molar-refractivity contribution is 7.94. The van der Waals surface area contributed by atoms with Crippen LogP contribution < -0.4 is 5.32 Å². The van der Waals surface area contributed by atoms with E-state index in [1.165, 1.54) is 25.7 Å². The Morgan fingerprint density at radius 2 is 2.33 bits per heavy atom. The molecule has 0 radical (unpaired) electrons. The summed E-state index contributed by atoms with van der Waals surface area (Å²) in [5.41, 5.74) is 0.165. The van der Waals surface area contributed by atoms with Crippen LogP contribution in [0.3, 0.4) is 0 Å². The number of esters is 1. The third-order valence-corrected chi connectivity index (χ3v) is 3.77. The Bertz CT molecular complexity index is 597. The van der Waals surface area contributed by atoms with E-state index >= 15 is 0 Å². The number of carbonyl (C=O) groups is 1. The van der Waals surface area contributed by atoms with Crippen LogP contribution in [-0.4, -0.2) is 43.3 Å². The smallest absolute Gasteiger partial charge is 0.343 e. The van der Waals surface area contributed by atoms with Gasteiger partial charge in [-0.05, 0) is 6.08 Å². The van der Waals surface area contributed by atoms with Crippen molar-refractivity contribution in [1.82, 2.24) is 9.97 Å². The van der Waals surface area contributed by atoms with Crippen molar-refractivity contribution in [3.8, 4) is 0 Å². The summed E-state index contributed by atoms with van der Waals surface area (Å²) in [6.07, 6.45) is 4.09. The third-order valence-electron chi connectivity index (χ3n) is 2.37. The fraction of sp³-hybridized carbons (Fsp3) is 0.300. The Morgan fingerprint density at radius 3 is 2.94 bits per heavy atom. The summed E-state index contributed by atoms with van der Waals surface area (Å²) in [4.78, 5) is 19.1. The number of ether oxygens (including phenoxy) is 1. The molecule has 0 bridgehead atoms. The van der Waals surface area contributed by atoms with Crippen LogP contribution in [0.1, 0.15) is 10.4 Å². The van der Waals surface area contributed by atoms with E-state index in [0.29, 0.717) is 0 Å². The maximum atomic E-state index is 11.5. The first-order chi connectivity index (χ1) is 8.52. The molecular formula is C10H11N3O4S. The minimum atomic E-state index is -3.16. The summed E-state index contributed by atoms with van der Waals surface area (Å²) in [5, 5.41) is 4.00. The maximum Gasteiger partial charge on any atom is 0.343 e. The Hall–Kier alpha value is -1.96. The predicted octanol–water partition coefficient (Wildman–Crippen LogP) is -0.0142. The number of anilines is 1. The molecule has 18 heavy (non-hydrogen) atoms. The lowest BCUT2D eigenvalue weighted by molar-refractivity contribution is 0.0601. The standard InChI is InChI=1S/C10H11N3O4S/c1-17-10(14)8-4-11-6-12-9(8)13-7-2-3-18(15,16)5-7/h2-4,6-7H,5H2,1H3,(H,11,12,13). The molecule has 96 valence electrons. The van der Waals surface area contributed by atoms with Gasteiger partial charge in [-0.1, -0.05) is 0 Å². The monoisotopic (exact) mass is 269 g/mol. The Labute approximate surface area is 104 Å². The summed E-state index contributed by atoms with van der Waals surface area (Å²) in [7, 11) is -1.91. The van der Waals surface area contributed by atoms with E-state index in [-0.39, 0.29) is 17.1 Å². The number of carbonyl (C=O) groups excluding carboxylic acids is 1. The first-order valence-electron chi connectivity index (χ1n) is 5.07. The van der Waals surface area contributed by atoms with Crippen LogP contribution in [0.4, 0.5) is 5.82 Å². The third kappa shape index (κ3) is 2.65. The number of hydrogen-bond donors (Lipinski definition) is 1. The Kier molecular flexibility index (Phi) is 3.28. The normalized spacial score (nSPS) is 20.6. The second-order valence-electron chi connectivity index (χ2n) is 3.69. The topological polar surface area (TPSA) is 98.2 Å². The van der Waals surface area contributed by atoms with Crippen molar-refractivity contribution in [3.05, 3.63) is 29.6 Å². The van der Waals surface area contributed by atoms with Crippen LogP contribution in [0.5, 0.6) is 0 Å². The summed E-state index contributed by atoms with van der Waals surface area (Å²) >= 11 is 0. The number of methoxy groups -OCH3 is 1. The first kappa shape index (κ1) is 12.5. The van der Waals surface area contributed by atoms with Crippen molar-refractivity contribution in [1.29, 1.82) is 0 Å².